The van der Waals surface area contributed by atoms with Crippen molar-refractivity contribution in [1.82, 2.24) is 59.8 Å². The molecule has 0 aliphatic rings. The van der Waals surface area contributed by atoms with Gasteiger partial charge in [0.1, 0.15) is 77.0 Å². The zero-order valence-electron chi connectivity index (χ0n) is 79.8. The summed E-state index contributed by atoms with van der Waals surface area (Å²) in [5.74, 6) is 0.284. The Hall–Kier alpha value is -19.9. The lowest BCUT2D eigenvalue weighted by molar-refractivity contribution is 0.0174. The number of nitrogens with one attached hydrogen (secondary N) is 6. The van der Waals surface area contributed by atoms with Crippen LogP contribution in [0.1, 0.15) is 116 Å². The van der Waals surface area contributed by atoms with Gasteiger partial charge in [0.2, 0.25) is 0 Å². The fraction of sp³-hybridized carbons (Fsp3) is 0.0708. The normalized spacial score (nSPS) is 10.2. The number of carbonyl (C=O) groups is 6. The number of hydrogen-bond donors (Lipinski definition) is 6. The Morgan fingerprint density at radius 2 is 0.860 bits per heavy atom. The minimum absolute atomic E-state index is 0. The van der Waals surface area contributed by atoms with Gasteiger partial charge >= 0.3 is 0 Å². The Labute approximate surface area is 869 Å². The predicted molar refractivity (Wildman–Crippen MR) is 563 cm³/mol. The summed E-state index contributed by atoms with van der Waals surface area (Å²) < 4.78 is 82.5. The van der Waals surface area contributed by atoms with Crippen molar-refractivity contribution >= 4 is 104 Å². The van der Waals surface area contributed by atoms with Crippen molar-refractivity contribution in [3.05, 3.63) is 467 Å². The number of pyridine rings is 4. The number of aromatic nitrogens is 12. The fourth-order valence-corrected chi connectivity index (χ4v) is 13.5. The number of nitriles is 1. The van der Waals surface area contributed by atoms with E-state index in [1.54, 1.807) is 159 Å². The summed E-state index contributed by atoms with van der Waals surface area (Å²) in [4.78, 5) is 123. The Kier molecular flexibility index (Phi) is 39.2. The third-order valence-electron chi connectivity index (χ3n) is 20.2. The molecule has 8 aromatic heterocycles. The highest BCUT2D eigenvalue weighted by molar-refractivity contribution is 6.34. The molecule has 31 nitrogen and oxygen atoms in total. The first-order valence-corrected chi connectivity index (χ1v) is 45.4. The van der Waals surface area contributed by atoms with Crippen LogP contribution in [-0.4, -0.2) is 102 Å². The van der Waals surface area contributed by atoms with Crippen LogP contribution in [-0.2, 0) is 5.92 Å². The molecule has 0 spiro atoms. The zero-order valence-corrected chi connectivity index (χ0v) is 81.3. The largest absolute Gasteiger partial charge is 0.456 e. The number of nitrogens with zero attached hydrogens (tertiary/aromatic N) is 14. The number of halogens is 6. The van der Waals surface area contributed by atoms with Crippen molar-refractivity contribution in [1.29, 1.82) is 5.26 Å². The number of aryl methyl sites for hydroxylation is 4. The van der Waals surface area contributed by atoms with E-state index in [0.717, 1.165) is 40.8 Å². The molecule has 37 heteroatoms. The average Bonchev–Trinajstić information content (AvgIpc) is 1.59. The van der Waals surface area contributed by atoms with Crippen LogP contribution in [0.4, 0.5) is 63.1 Å². The molecule has 18 aromatic rings. The second-order valence-corrected chi connectivity index (χ2v) is 32.6. The lowest BCUT2D eigenvalue weighted by Gasteiger charge is -2.20. The van der Waals surface area contributed by atoms with Crippen LogP contribution in [0, 0.1) is 63.0 Å². The molecule has 0 fully saturated rings. The van der Waals surface area contributed by atoms with Gasteiger partial charge in [0.05, 0.1) is 89.5 Å². The van der Waals surface area contributed by atoms with Crippen molar-refractivity contribution < 1.29 is 70.0 Å². The van der Waals surface area contributed by atoms with Crippen LogP contribution in [0.25, 0.3) is 0 Å². The molecule has 8 heterocycles. The molecule has 18 rings (SSSR count). The topological polar surface area (TPSA) is 402 Å². The third kappa shape index (κ3) is 33.9. The van der Waals surface area contributed by atoms with Crippen LogP contribution in [0.3, 0.4) is 0 Å². The summed E-state index contributed by atoms with van der Waals surface area (Å²) in [7, 11) is 1.90. The first-order chi connectivity index (χ1) is 72.0. The highest BCUT2D eigenvalue weighted by Gasteiger charge is 2.26. The minimum atomic E-state index is -3.01. The number of benzene rings is 10. The second-order valence-electron chi connectivity index (χ2n) is 31.7. The number of carbonyl (C=O) groups excluding carboxylic acids is 6. The van der Waals surface area contributed by atoms with Crippen molar-refractivity contribution in [3.8, 4) is 75.9 Å². The maximum atomic E-state index is 13.9. The predicted octanol–water partition coefficient (Wildman–Crippen LogP) is 25.5. The number of amides is 6. The van der Waals surface area contributed by atoms with Crippen LogP contribution in [0.15, 0.2) is 373 Å². The molecule has 0 aliphatic heterocycles. The van der Waals surface area contributed by atoms with E-state index in [9.17, 15) is 46.3 Å². The highest BCUT2D eigenvalue weighted by Crippen LogP contribution is 2.36. The quantitative estimate of drug-likeness (QED) is 0.0229. The Balaban J connectivity index is 0.000000159. The summed E-state index contributed by atoms with van der Waals surface area (Å²) in [5.41, 5.74) is 10.9. The molecule has 150 heavy (non-hydrogen) atoms. The van der Waals surface area contributed by atoms with Gasteiger partial charge in [0.25, 0.3) is 41.4 Å². The molecule has 0 saturated carbocycles. The van der Waals surface area contributed by atoms with E-state index in [-0.39, 0.29) is 70.6 Å². The summed E-state index contributed by atoms with van der Waals surface area (Å²) >= 11 is 12.1. The highest BCUT2D eigenvalue weighted by atomic mass is 35.5. The number of rotatable bonds is 25. The Morgan fingerprint density at radius 1 is 0.380 bits per heavy atom. The molecule has 0 bridgehead atoms. The molecule has 0 radical (unpaired) electrons. The van der Waals surface area contributed by atoms with E-state index in [4.69, 9.17) is 58.6 Å². The summed E-state index contributed by atoms with van der Waals surface area (Å²) in [6, 6.07) is 76.4. The van der Waals surface area contributed by atoms with Gasteiger partial charge < -0.3 is 60.5 Å². The average molecular weight is 2050 g/mol. The Bertz CT molecular complexity index is 7830. The summed E-state index contributed by atoms with van der Waals surface area (Å²) in [6.45, 7) is 8.37. The third-order valence-corrected chi connectivity index (χ3v) is 20.8. The number of anilines is 8. The van der Waals surface area contributed by atoms with Crippen LogP contribution < -0.4 is 60.5 Å². The molecule has 6 amide bonds. The number of ether oxygens (including phenoxy) is 5. The van der Waals surface area contributed by atoms with Crippen molar-refractivity contribution in [3.63, 3.8) is 0 Å². The van der Waals surface area contributed by atoms with Crippen molar-refractivity contribution in [2.45, 2.75) is 48.0 Å². The number of hydrogen-bond acceptors (Lipinski definition) is 25. The first kappa shape index (κ1) is 109. The van der Waals surface area contributed by atoms with Gasteiger partial charge in [-0.25, -0.2) is 62.4 Å². The summed E-state index contributed by atoms with van der Waals surface area (Å²) in [6.07, 6.45) is 29.4. The molecule has 0 unspecified atom stereocenters. The first-order valence-electron chi connectivity index (χ1n) is 44.7. The van der Waals surface area contributed by atoms with Crippen LogP contribution in [0.5, 0.6) is 57.5 Å². The molecular formula is C113H90Cl2F4N20O11. The van der Waals surface area contributed by atoms with Crippen LogP contribution >= 0.6 is 23.2 Å². The maximum absolute atomic E-state index is 13.9. The molecule has 10 aromatic carbocycles. The smallest absolute Gasteiger partial charge is 0.274 e. The molecule has 750 valence electrons. The molecule has 6 N–H and O–H groups in total. The van der Waals surface area contributed by atoms with Gasteiger partial charge in [-0.15, -0.1) is 6.42 Å². The monoisotopic (exact) mass is 2050 g/mol. The lowest BCUT2D eigenvalue weighted by Crippen LogP contribution is -2.14. The second kappa shape index (κ2) is 54.0. The number of terminal acetylenes is 1. The summed E-state index contributed by atoms with van der Waals surface area (Å²) in [5, 5.41) is 26.4. The molecule has 0 saturated heterocycles. The molecule has 0 atom stereocenters. The van der Waals surface area contributed by atoms with Gasteiger partial charge in [0.15, 0.2) is 28.8 Å². The maximum Gasteiger partial charge on any atom is 0.274 e. The van der Waals surface area contributed by atoms with Gasteiger partial charge in [0, 0.05) is 147 Å². The SMILES string of the molecule is C.C#Cc1cccc(C(=O)Nc2ccc(F)c(Oc3cncnc3)c2)c1.CC(F)(F)c1cccc(C(=O)Nc2cccc(Oc3cccnc3)c2)c1.Cc1cccc(C(=O)Nc2cc(F)cc(Oc3cncnc3)c2)n1.Cc1cccc(C(=O)Nc2cc(N(C)c3cncnc3)ccc2Cl)c1.Cc1cccc(C(=O)Nc2cccc(Oc3cccnc3C)c2)c1.N#Cc1cc(NC(=O)c2cc(Cl)ccn2)cc(Oc2cncnc2)c1. The van der Waals surface area contributed by atoms with Gasteiger partial charge in [-0.05, 0) is 204 Å². The van der Waals surface area contributed by atoms with Gasteiger partial charge in [-0.1, -0.05) is 108 Å². The van der Waals surface area contributed by atoms with E-state index < -0.39 is 35.3 Å². The molecular weight excluding hydrogens is 1960 g/mol. The van der Waals surface area contributed by atoms with Gasteiger partial charge in [-0.2, -0.15) is 5.26 Å². The van der Waals surface area contributed by atoms with E-state index in [1.807, 2.05) is 118 Å². The minimum Gasteiger partial charge on any atom is -0.456 e. The van der Waals surface area contributed by atoms with Gasteiger partial charge in [-0.3, -0.25) is 43.7 Å². The van der Waals surface area contributed by atoms with E-state index in [0.29, 0.717) is 107 Å². The van der Waals surface area contributed by atoms with E-state index >= 15 is 0 Å². The van der Waals surface area contributed by atoms with E-state index in [2.05, 4.69) is 97.6 Å². The van der Waals surface area contributed by atoms with Crippen LogP contribution in [0.2, 0.25) is 10.0 Å². The lowest BCUT2D eigenvalue weighted by atomic mass is 10.1. The zero-order chi connectivity index (χ0) is 106. The number of alkyl halides is 2. The molecule has 0 aliphatic carbocycles. The fourth-order valence-electron chi connectivity index (χ4n) is 13.2. The van der Waals surface area contributed by atoms with E-state index in [1.165, 1.54) is 141 Å². The van der Waals surface area contributed by atoms with Crippen molar-refractivity contribution in [2.75, 3.05) is 43.8 Å². The standard InChI is InChI=1S/C20H16F2N2O2.C20H18N2O2.C19H17ClN4O.C19H12FN3O2.C17H10ClN5O2.C17H13FN4O2.CH4/c1-20(21,22)15-6-2-5-14(11-15)19(25)24-16-7-3-8-17(12-16)26-18-9-4-10-23-13-18;1-14-6-3-7-16(12-14)20(23)22-17-8-4-9-18(13-17)24-19-10-5-11-21-15(19)2;1-13-4-3-5-14(8-13)19(25)23-18-9-15(6-7-17(18)20)24(2)16-10-21-12-22-11-16;1-2-13-4-3-5-14(8-13)19(24)23-15-6-7-17(20)18(9-15)25-16-10-21-12-22-11-16;18-12-1-2-22-16(5-12)17(24)23-13-3-11(7-19)4-14(6-13)25-15-8-20-10-21-9-15;1-11-3-2-4-16(21-11)17(23)22-13-5-12(18)6-14(7-13)24-15-8-19-10-20-9-15;/h2-13H,1H3,(H,24,25);3-13H,1-2H3,(H,22,23);3-12H,1-2H3,(H,23,25);1,3-12H,(H,23,24);1-6,8-10H,(H,23,24);2-10H,1H3,(H,22,23);1H4. The Morgan fingerprint density at radius 3 is 1.42 bits per heavy atom. The van der Waals surface area contributed by atoms with Crippen molar-refractivity contribution in [2.24, 2.45) is 0 Å².